The van der Waals surface area contributed by atoms with Crippen LogP contribution in [0.3, 0.4) is 0 Å². The second-order valence-corrected chi connectivity index (χ2v) is 12.0. The third kappa shape index (κ3) is 4.51. The fourth-order valence-corrected chi connectivity index (χ4v) is 6.37. The molecule has 4 aromatic rings. The molecule has 2 atom stereocenters. The smallest absolute Gasteiger partial charge is 0.323 e. The van der Waals surface area contributed by atoms with Crippen LogP contribution in [0.25, 0.3) is 33.1 Å². The van der Waals surface area contributed by atoms with Crippen molar-refractivity contribution < 1.29 is 9.18 Å². The summed E-state index contributed by atoms with van der Waals surface area (Å²) in [6, 6.07) is 5.44. The van der Waals surface area contributed by atoms with Crippen molar-refractivity contribution in [2.24, 2.45) is 0 Å². The van der Waals surface area contributed by atoms with Crippen LogP contribution in [-0.2, 0) is 4.79 Å². The predicted octanol–water partition coefficient (Wildman–Crippen LogP) is 3.93. The van der Waals surface area contributed by atoms with E-state index in [-0.39, 0.29) is 39.8 Å². The van der Waals surface area contributed by atoms with Crippen LogP contribution in [-0.4, -0.2) is 94.0 Å². The summed E-state index contributed by atoms with van der Waals surface area (Å²) in [4.78, 5) is 48.1. The number of fused-ring (bicyclic) bond motifs is 2. The Kier molecular flexibility index (Phi) is 6.97. The molecule has 4 heterocycles. The molecule has 10 nitrogen and oxygen atoms in total. The van der Waals surface area contributed by atoms with E-state index in [0.29, 0.717) is 52.9 Å². The van der Waals surface area contributed by atoms with Crippen LogP contribution in [0.1, 0.15) is 19.4 Å². The number of nitrogens with zero attached hydrogens (tertiary/aromatic N) is 6. The van der Waals surface area contributed by atoms with Crippen LogP contribution in [0.4, 0.5) is 16.2 Å². The molecule has 2 aromatic carbocycles. The molecule has 220 valence electrons. The molecule has 2 fully saturated rings. The molecule has 0 aliphatic carbocycles. The van der Waals surface area contributed by atoms with Crippen molar-refractivity contribution in [2.45, 2.75) is 38.9 Å². The van der Waals surface area contributed by atoms with E-state index in [1.54, 1.807) is 17.0 Å². The van der Waals surface area contributed by atoms with Gasteiger partial charge in [0.15, 0.2) is 5.82 Å². The topological polar surface area (TPSA) is 104 Å². The third-order valence-electron chi connectivity index (χ3n) is 8.59. The van der Waals surface area contributed by atoms with Gasteiger partial charge in [-0.25, -0.2) is 14.2 Å². The lowest BCUT2D eigenvalue weighted by molar-refractivity contribution is -0.128. The third-order valence-corrected chi connectivity index (χ3v) is 8.89. The fourth-order valence-electron chi connectivity index (χ4n) is 6.08. The van der Waals surface area contributed by atoms with Gasteiger partial charge in [0.05, 0.1) is 16.1 Å². The number of likely N-dealkylation sites (N-methyl/N-ethyl adjacent to an activating group) is 1. The van der Waals surface area contributed by atoms with Crippen molar-refractivity contribution in [1.82, 2.24) is 29.7 Å². The molecule has 0 unspecified atom stereocenters. The largest absolute Gasteiger partial charge is 0.349 e. The Bertz CT molecular complexity index is 1790. The molecule has 2 N–H and O–H groups in total. The zero-order chi connectivity index (χ0) is 30.0. The number of H-pyrrole nitrogens is 2. The summed E-state index contributed by atoms with van der Waals surface area (Å²) >= 11 is 6.88. The Balaban J connectivity index is 1.55. The molecule has 42 heavy (non-hydrogen) atoms. The molecule has 0 bridgehead atoms. The first kappa shape index (κ1) is 28.2. The zero-order valence-electron chi connectivity index (χ0n) is 24.3. The minimum absolute atomic E-state index is 0.107. The Morgan fingerprint density at radius 2 is 1.86 bits per heavy atom. The summed E-state index contributed by atoms with van der Waals surface area (Å²) in [6.45, 7) is 11.9. The number of anilines is 2. The molecule has 2 saturated heterocycles. The number of hydrogen-bond acceptors (Lipinski definition) is 7. The molecule has 0 spiro atoms. The van der Waals surface area contributed by atoms with Gasteiger partial charge in [0.1, 0.15) is 11.3 Å². The first-order valence-electron chi connectivity index (χ1n) is 14.0. The normalized spacial score (nSPS) is 19.7. The number of aryl methyl sites for hydroxylation is 1. The van der Waals surface area contributed by atoms with Gasteiger partial charge in [-0.1, -0.05) is 24.2 Å². The number of nitrogens with one attached hydrogen (secondary N) is 2. The lowest BCUT2D eigenvalue weighted by Gasteiger charge is -2.45. The van der Waals surface area contributed by atoms with E-state index in [2.05, 4.69) is 26.3 Å². The van der Waals surface area contributed by atoms with Crippen LogP contribution in [0.15, 0.2) is 35.6 Å². The van der Waals surface area contributed by atoms with E-state index in [0.717, 1.165) is 18.7 Å². The maximum atomic E-state index is 16.8. The van der Waals surface area contributed by atoms with Crippen LogP contribution in [0.5, 0.6) is 0 Å². The number of aromatic nitrogens is 4. The fraction of sp³-hybridized carbons (Fsp3) is 0.400. The summed E-state index contributed by atoms with van der Waals surface area (Å²) in [5.74, 6) is 0.317. The quantitative estimate of drug-likeness (QED) is 0.338. The van der Waals surface area contributed by atoms with Crippen molar-refractivity contribution in [3.63, 3.8) is 0 Å². The number of carbonyl (C=O) groups excluding carboxylic acids is 1. The van der Waals surface area contributed by atoms with Gasteiger partial charge in [-0.15, -0.1) is 0 Å². The van der Waals surface area contributed by atoms with Gasteiger partial charge in [0, 0.05) is 60.8 Å². The zero-order valence-corrected chi connectivity index (χ0v) is 25.1. The lowest BCUT2D eigenvalue weighted by atomic mass is 9.96. The number of carbonyl (C=O) groups is 1. The van der Waals surface area contributed by atoms with Crippen LogP contribution < -0.4 is 15.5 Å². The summed E-state index contributed by atoms with van der Waals surface area (Å²) in [5.41, 5.74) is 2.26. The van der Waals surface area contributed by atoms with Gasteiger partial charge in [-0.2, -0.15) is 4.98 Å². The first-order valence-corrected chi connectivity index (χ1v) is 14.4. The van der Waals surface area contributed by atoms with Gasteiger partial charge < -0.3 is 29.6 Å². The summed E-state index contributed by atoms with van der Waals surface area (Å²) in [5, 5.41) is 0.678. The summed E-state index contributed by atoms with van der Waals surface area (Å²) < 4.78 is 16.8. The Morgan fingerprint density at radius 1 is 1.12 bits per heavy atom. The van der Waals surface area contributed by atoms with Gasteiger partial charge in [0.25, 0.3) is 0 Å². The van der Waals surface area contributed by atoms with E-state index in [1.807, 2.05) is 45.8 Å². The molecular weight excluding hydrogens is 559 g/mol. The standard InChI is InChI=1S/C30H34ClFN8O2/c1-7-22(41)39-11-17(4)40(12-16(39)3)28-19-10-20(31)24(23-15(2)8-9-21-27(23)35-30(42)33-21)25(32)26(19)34-29(36-28)38-13-18(14-38)37(5)6/h7-10,16-18H,1,11-14H2,2-6H3,(H2,33,35,42)/t16-,17+/m1/s1. The number of imidazole rings is 1. The molecule has 0 radical (unpaired) electrons. The van der Waals surface area contributed by atoms with E-state index in [9.17, 15) is 9.59 Å². The Hall–Kier alpha value is -3.96. The minimum atomic E-state index is -0.578. The lowest BCUT2D eigenvalue weighted by Crippen LogP contribution is -2.59. The van der Waals surface area contributed by atoms with Crippen LogP contribution >= 0.6 is 11.6 Å². The highest BCUT2D eigenvalue weighted by atomic mass is 35.5. The van der Waals surface area contributed by atoms with Gasteiger partial charge in [0.2, 0.25) is 11.9 Å². The number of piperazine rings is 1. The summed E-state index contributed by atoms with van der Waals surface area (Å²) in [6.07, 6.45) is 1.33. The highest BCUT2D eigenvalue weighted by Crippen LogP contribution is 2.42. The van der Waals surface area contributed by atoms with Gasteiger partial charge in [-0.05, 0) is 58.6 Å². The number of benzene rings is 2. The number of halogens is 2. The molecule has 6 rings (SSSR count). The van der Waals surface area contributed by atoms with Crippen molar-refractivity contribution in [3.8, 4) is 11.1 Å². The van der Waals surface area contributed by atoms with Crippen LogP contribution in [0, 0.1) is 12.7 Å². The van der Waals surface area contributed by atoms with Gasteiger partial charge in [-0.3, -0.25) is 4.79 Å². The van der Waals surface area contributed by atoms with E-state index in [4.69, 9.17) is 21.6 Å². The monoisotopic (exact) mass is 592 g/mol. The Morgan fingerprint density at radius 3 is 2.55 bits per heavy atom. The predicted molar refractivity (Wildman–Crippen MR) is 165 cm³/mol. The van der Waals surface area contributed by atoms with Crippen LogP contribution in [0.2, 0.25) is 5.02 Å². The molecule has 1 amide bonds. The maximum Gasteiger partial charge on any atom is 0.323 e. The van der Waals surface area contributed by atoms with E-state index in [1.165, 1.54) is 6.08 Å². The molecular formula is C30H34ClFN8O2. The van der Waals surface area contributed by atoms with Gasteiger partial charge >= 0.3 is 5.69 Å². The summed E-state index contributed by atoms with van der Waals surface area (Å²) in [7, 11) is 4.06. The molecule has 12 heteroatoms. The number of hydrogen-bond donors (Lipinski definition) is 2. The SMILES string of the molecule is C=CC(=O)N1C[C@H](C)N(c2nc(N3CC(N(C)C)C3)nc3c(F)c(-c4c(C)ccc5[nH]c(=O)[nH]c45)c(Cl)cc23)C[C@H]1C. The average Bonchev–Trinajstić information content (AvgIpc) is 3.29. The molecule has 2 aliphatic rings. The number of amides is 1. The van der Waals surface area contributed by atoms with E-state index < -0.39 is 5.82 Å². The minimum Gasteiger partial charge on any atom is -0.349 e. The molecule has 2 aromatic heterocycles. The maximum absolute atomic E-state index is 16.8. The molecule has 2 aliphatic heterocycles. The van der Waals surface area contributed by atoms with Crippen molar-refractivity contribution >= 4 is 51.2 Å². The average molecular weight is 593 g/mol. The highest BCUT2D eigenvalue weighted by Gasteiger charge is 2.36. The highest BCUT2D eigenvalue weighted by molar-refractivity contribution is 6.35. The van der Waals surface area contributed by atoms with Crippen molar-refractivity contribution in [3.05, 3.63) is 57.7 Å². The Labute approximate surface area is 247 Å². The number of rotatable bonds is 5. The first-order chi connectivity index (χ1) is 20.0. The molecule has 0 saturated carbocycles. The second-order valence-electron chi connectivity index (χ2n) is 11.6. The van der Waals surface area contributed by atoms with Crippen molar-refractivity contribution in [2.75, 3.05) is 50.1 Å². The van der Waals surface area contributed by atoms with E-state index >= 15 is 4.39 Å². The number of aromatic amines is 2. The second kappa shape index (κ2) is 10.4. The van der Waals surface area contributed by atoms with Crippen molar-refractivity contribution in [1.29, 1.82) is 0 Å².